The molecule has 27 heavy (non-hydrogen) atoms. The zero-order valence-electron chi connectivity index (χ0n) is 15.2. The summed E-state index contributed by atoms with van der Waals surface area (Å²) >= 11 is 0. The van der Waals surface area contributed by atoms with Crippen LogP contribution < -0.4 is 15.7 Å². The van der Waals surface area contributed by atoms with Crippen molar-refractivity contribution >= 4 is 19.0 Å². The lowest BCUT2D eigenvalue weighted by Gasteiger charge is -2.28. The van der Waals surface area contributed by atoms with Crippen LogP contribution in [0, 0.1) is 0 Å². The molecule has 0 radical (unpaired) electrons. The maximum Gasteiger partial charge on any atom is 0.547 e. The van der Waals surface area contributed by atoms with Gasteiger partial charge in [-0.2, -0.15) is 0 Å². The molecule has 0 bridgehead atoms. The van der Waals surface area contributed by atoms with Crippen LogP contribution in [-0.4, -0.2) is 40.1 Å². The quantitative estimate of drug-likeness (QED) is 0.589. The third kappa shape index (κ3) is 4.63. The molecule has 8 nitrogen and oxygen atoms in total. The molecule has 142 valence electrons. The number of nitrogens with one attached hydrogen (secondary N) is 1. The molecule has 0 spiro atoms. The van der Waals surface area contributed by atoms with E-state index in [1.807, 2.05) is 13.8 Å². The van der Waals surface area contributed by atoms with Gasteiger partial charge in [-0.15, -0.1) is 0 Å². The van der Waals surface area contributed by atoms with Crippen LogP contribution >= 0.6 is 0 Å². The highest BCUT2D eigenvalue weighted by Gasteiger charge is 2.38. The fourth-order valence-corrected chi connectivity index (χ4v) is 2.68. The fourth-order valence-electron chi connectivity index (χ4n) is 2.68. The number of fused-ring (bicyclic) bond motifs is 1. The Kier molecular flexibility index (Phi) is 6.92. The first-order valence-corrected chi connectivity index (χ1v) is 8.65. The van der Waals surface area contributed by atoms with Crippen molar-refractivity contribution in [3.8, 4) is 5.75 Å². The predicted octanol–water partition coefficient (Wildman–Crippen LogP) is 1.02. The monoisotopic (exact) mass is 371 g/mol. The highest BCUT2D eigenvalue weighted by molar-refractivity contribution is 6.47. The predicted molar refractivity (Wildman–Crippen MR) is 100 cm³/mol. The minimum Gasteiger partial charge on any atom is -0.534 e. The van der Waals surface area contributed by atoms with E-state index in [9.17, 15) is 19.7 Å². The van der Waals surface area contributed by atoms with E-state index in [2.05, 4.69) is 10.3 Å². The maximum atomic E-state index is 12.3. The average molecular weight is 371 g/mol. The van der Waals surface area contributed by atoms with E-state index in [1.165, 1.54) is 12.3 Å². The number of para-hydroxylation sites is 1. The topological polar surface area (TPSA) is 135 Å². The van der Waals surface area contributed by atoms with Crippen molar-refractivity contribution in [3.05, 3.63) is 58.9 Å². The summed E-state index contributed by atoms with van der Waals surface area (Å²) in [5, 5.41) is 22.0. The van der Waals surface area contributed by atoms with E-state index < -0.39 is 24.9 Å². The Bertz CT molecular complexity index is 830. The standard InChI is InChI=1S/C16H16BN3O5.C2H6/c18-8-9-4-5-19-12(6-9)15(21)20-13-7-10-2-1-3-11(16(22)23)14(10)25-17(13)24;1-2/h1-6,13,24H,7-8,18H2,(H,20,21)(H,22,23);1-2H3. The highest BCUT2D eigenvalue weighted by atomic mass is 16.5. The number of aromatic carboxylic acids is 1. The highest BCUT2D eigenvalue weighted by Crippen LogP contribution is 2.30. The third-order valence-corrected chi connectivity index (χ3v) is 3.96. The van der Waals surface area contributed by atoms with Crippen LogP contribution in [0.4, 0.5) is 0 Å². The van der Waals surface area contributed by atoms with Gasteiger partial charge in [0.15, 0.2) is 0 Å². The second-order valence-electron chi connectivity index (χ2n) is 5.64. The number of carboxylic acids is 1. The lowest BCUT2D eigenvalue weighted by molar-refractivity contribution is 0.0693. The van der Waals surface area contributed by atoms with Gasteiger partial charge in [-0.3, -0.25) is 9.78 Å². The molecule has 1 aromatic carbocycles. The van der Waals surface area contributed by atoms with Crippen molar-refractivity contribution < 1.29 is 24.4 Å². The molecule has 0 saturated carbocycles. The van der Waals surface area contributed by atoms with E-state index >= 15 is 0 Å². The largest absolute Gasteiger partial charge is 0.547 e. The van der Waals surface area contributed by atoms with E-state index in [1.54, 1.807) is 24.3 Å². The molecule has 2 heterocycles. The van der Waals surface area contributed by atoms with Crippen LogP contribution in [0.5, 0.6) is 5.75 Å². The first-order valence-electron chi connectivity index (χ1n) is 8.65. The number of carboxylic acid groups (broad SMARTS) is 1. The molecular weight excluding hydrogens is 349 g/mol. The van der Waals surface area contributed by atoms with Gasteiger partial charge in [0, 0.05) is 12.7 Å². The third-order valence-electron chi connectivity index (χ3n) is 3.96. The summed E-state index contributed by atoms with van der Waals surface area (Å²) in [5.41, 5.74) is 7.06. The zero-order valence-corrected chi connectivity index (χ0v) is 15.2. The number of nitrogens with two attached hydrogens (primary N) is 1. The zero-order chi connectivity index (χ0) is 20.0. The summed E-state index contributed by atoms with van der Waals surface area (Å²) in [6.07, 6.45) is 1.72. The number of rotatable bonds is 4. The lowest BCUT2D eigenvalue weighted by Crippen LogP contribution is -2.53. The molecule has 5 N–H and O–H groups in total. The SMILES string of the molecule is CC.NCc1ccnc(C(=O)NC2Cc3cccc(C(=O)O)c3OB2O)c1. The summed E-state index contributed by atoms with van der Waals surface area (Å²) in [4.78, 5) is 27.6. The van der Waals surface area contributed by atoms with Crippen LogP contribution in [0.25, 0.3) is 0 Å². The molecule has 3 rings (SSSR count). The lowest BCUT2D eigenvalue weighted by atomic mass is 9.72. The van der Waals surface area contributed by atoms with Crippen LogP contribution in [0.3, 0.4) is 0 Å². The molecule has 0 aliphatic carbocycles. The molecule has 9 heteroatoms. The number of pyridine rings is 1. The van der Waals surface area contributed by atoms with Crippen LogP contribution in [0.2, 0.25) is 0 Å². The molecule has 2 aromatic rings. The molecule has 1 amide bonds. The number of nitrogens with zero attached hydrogens (tertiary/aromatic N) is 1. The smallest absolute Gasteiger partial charge is 0.534 e. The number of carbonyl (C=O) groups excluding carboxylic acids is 1. The van der Waals surface area contributed by atoms with Crippen molar-refractivity contribution in [1.29, 1.82) is 0 Å². The summed E-state index contributed by atoms with van der Waals surface area (Å²) in [6, 6.07) is 7.96. The van der Waals surface area contributed by atoms with Gasteiger partial charge in [-0.25, -0.2) is 4.79 Å². The first-order chi connectivity index (χ1) is 13.0. The molecule has 1 unspecified atom stereocenters. The summed E-state index contributed by atoms with van der Waals surface area (Å²) in [5.74, 6) is -2.22. The van der Waals surface area contributed by atoms with Crippen molar-refractivity contribution in [3.63, 3.8) is 0 Å². The normalized spacial score (nSPS) is 15.0. The minimum absolute atomic E-state index is 0.0290. The maximum absolute atomic E-state index is 12.3. The Balaban J connectivity index is 0.00000126. The Morgan fingerprint density at radius 3 is 2.78 bits per heavy atom. The Morgan fingerprint density at radius 1 is 1.37 bits per heavy atom. The Morgan fingerprint density at radius 2 is 2.11 bits per heavy atom. The molecular formula is C18H22BN3O5. The van der Waals surface area contributed by atoms with Gasteiger partial charge in [0.1, 0.15) is 11.4 Å². The van der Waals surface area contributed by atoms with Gasteiger partial charge in [-0.05, 0) is 35.7 Å². The number of aromatic nitrogens is 1. The summed E-state index contributed by atoms with van der Waals surface area (Å²) < 4.78 is 5.34. The molecule has 1 aliphatic rings. The minimum atomic E-state index is -1.37. The molecule has 0 saturated heterocycles. The Hall–Kier alpha value is -2.91. The molecule has 1 aliphatic heterocycles. The van der Waals surface area contributed by atoms with E-state index in [0.29, 0.717) is 5.56 Å². The van der Waals surface area contributed by atoms with Gasteiger partial charge in [0.05, 0.1) is 11.5 Å². The van der Waals surface area contributed by atoms with Gasteiger partial charge >= 0.3 is 13.1 Å². The van der Waals surface area contributed by atoms with Crippen LogP contribution in [-0.2, 0) is 13.0 Å². The number of benzene rings is 1. The van der Waals surface area contributed by atoms with Crippen molar-refractivity contribution in [2.75, 3.05) is 0 Å². The van der Waals surface area contributed by atoms with Crippen LogP contribution in [0.1, 0.15) is 45.8 Å². The summed E-state index contributed by atoms with van der Waals surface area (Å²) in [6.45, 7) is 4.28. The van der Waals surface area contributed by atoms with Gasteiger partial charge in [0.2, 0.25) is 0 Å². The van der Waals surface area contributed by atoms with Gasteiger partial charge < -0.3 is 25.8 Å². The Labute approximate surface area is 157 Å². The van der Waals surface area contributed by atoms with E-state index in [4.69, 9.17) is 10.4 Å². The second-order valence-corrected chi connectivity index (χ2v) is 5.64. The number of amides is 1. The van der Waals surface area contributed by atoms with Gasteiger partial charge in [-0.1, -0.05) is 26.0 Å². The first kappa shape index (κ1) is 20.4. The number of hydrogen-bond acceptors (Lipinski definition) is 6. The molecule has 0 fully saturated rings. The van der Waals surface area contributed by atoms with Crippen molar-refractivity contribution in [2.45, 2.75) is 32.8 Å². The van der Waals surface area contributed by atoms with E-state index in [0.717, 1.165) is 5.56 Å². The van der Waals surface area contributed by atoms with Crippen molar-refractivity contribution in [1.82, 2.24) is 10.3 Å². The van der Waals surface area contributed by atoms with Crippen LogP contribution in [0.15, 0.2) is 36.5 Å². The summed E-state index contributed by atoms with van der Waals surface area (Å²) in [7, 11) is -1.37. The average Bonchev–Trinajstić information content (AvgIpc) is 2.69. The molecule has 1 atom stereocenters. The van der Waals surface area contributed by atoms with Gasteiger partial charge in [0.25, 0.3) is 5.91 Å². The fraction of sp³-hybridized carbons (Fsp3) is 0.278. The second kappa shape index (κ2) is 9.15. The van der Waals surface area contributed by atoms with E-state index in [-0.39, 0.29) is 30.0 Å². The molecule has 1 aromatic heterocycles. The number of carbonyl (C=O) groups is 2. The number of hydrogen-bond donors (Lipinski definition) is 4. The van der Waals surface area contributed by atoms with Crippen molar-refractivity contribution in [2.24, 2.45) is 5.73 Å².